The molecule has 1 atom stereocenters. The molecule has 35 heavy (non-hydrogen) atoms. The Balaban J connectivity index is 1.39. The van der Waals surface area contributed by atoms with Gasteiger partial charge in [0.15, 0.2) is 0 Å². The summed E-state index contributed by atoms with van der Waals surface area (Å²) in [6.45, 7) is 2.20. The second-order valence-electron chi connectivity index (χ2n) is 8.39. The van der Waals surface area contributed by atoms with Gasteiger partial charge in [0, 0.05) is 54.2 Å². The van der Waals surface area contributed by atoms with Crippen LogP contribution >= 0.6 is 11.6 Å². The average molecular weight is 493 g/mol. The van der Waals surface area contributed by atoms with E-state index in [-0.39, 0.29) is 12.5 Å². The number of fused-ring (bicyclic) bond motifs is 1. The van der Waals surface area contributed by atoms with Crippen molar-refractivity contribution in [1.29, 1.82) is 0 Å². The van der Waals surface area contributed by atoms with Crippen molar-refractivity contribution < 1.29 is 19.1 Å². The SMILES string of the molecule is COc1ccccc1C1(OCC(=O)N2CCN(c3cccnc3)CC2)C(=O)Nc2ccc(Cl)cc21. The topological polar surface area (TPSA) is 84.0 Å². The van der Waals surface area contributed by atoms with E-state index in [2.05, 4.69) is 15.2 Å². The van der Waals surface area contributed by atoms with Gasteiger partial charge in [0.1, 0.15) is 12.4 Å². The van der Waals surface area contributed by atoms with E-state index in [1.807, 2.05) is 24.4 Å². The van der Waals surface area contributed by atoms with Crippen molar-refractivity contribution in [2.75, 3.05) is 50.1 Å². The van der Waals surface area contributed by atoms with Crippen LogP contribution in [-0.2, 0) is 19.9 Å². The van der Waals surface area contributed by atoms with Crippen LogP contribution in [0.3, 0.4) is 0 Å². The molecule has 1 saturated heterocycles. The van der Waals surface area contributed by atoms with Gasteiger partial charge in [0.25, 0.3) is 5.91 Å². The molecule has 3 heterocycles. The van der Waals surface area contributed by atoms with Crippen LogP contribution in [0.4, 0.5) is 11.4 Å². The second-order valence-corrected chi connectivity index (χ2v) is 8.83. The maximum absolute atomic E-state index is 13.4. The highest BCUT2D eigenvalue weighted by Gasteiger charge is 2.52. The summed E-state index contributed by atoms with van der Waals surface area (Å²) in [7, 11) is 1.53. The summed E-state index contributed by atoms with van der Waals surface area (Å²) in [6.07, 6.45) is 3.56. The molecular weight excluding hydrogens is 468 g/mol. The van der Waals surface area contributed by atoms with E-state index >= 15 is 0 Å². The summed E-state index contributed by atoms with van der Waals surface area (Å²) >= 11 is 6.30. The number of halogens is 1. The van der Waals surface area contributed by atoms with Crippen molar-refractivity contribution in [3.8, 4) is 5.75 Å². The molecule has 180 valence electrons. The van der Waals surface area contributed by atoms with E-state index in [0.29, 0.717) is 53.8 Å². The van der Waals surface area contributed by atoms with Crippen molar-refractivity contribution in [1.82, 2.24) is 9.88 Å². The Bertz CT molecular complexity index is 1250. The fourth-order valence-corrected chi connectivity index (χ4v) is 4.86. The number of carbonyl (C=O) groups excluding carboxylic acids is 2. The third-order valence-corrected chi connectivity index (χ3v) is 6.71. The molecule has 0 saturated carbocycles. The fraction of sp³-hybridized carbons (Fsp3) is 0.269. The monoisotopic (exact) mass is 492 g/mol. The Morgan fingerprint density at radius 1 is 1.09 bits per heavy atom. The van der Waals surface area contributed by atoms with Crippen LogP contribution in [0.25, 0.3) is 0 Å². The first-order valence-electron chi connectivity index (χ1n) is 11.3. The number of amides is 2. The van der Waals surface area contributed by atoms with Crippen molar-refractivity contribution in [3.05, 3.63) is 83.1 Å². The molecule has 1 unspecified atom stereocenters. The Morgan fingerprint density at radius 2 is 1.89 bits per heavy atom. The minimum absolute atomic E-state index is 0.187. The van der Waals surface area contributed by atoms with Crippen LogP contribution < -0.4 is 15.0 Å². The van der Waals surface area contributed by atoms with Crippen LogP contribution in [0, 0.1) is 0 Å². The van der Waals surface area contributed by atoms with Gasteiger partial charge in [-0.1, -0.05) is 29.8 Å². The van der Waals surface area contributed by atoms with E-state index in [1.54, 1.807) is 47.5 Å². The lowest BCUT2D eigenvalue weighted by Crippen LogP contribution is -2.51. The molecule has 2 aliphatic heterocycles. The number of aromatic nitrogens is 1. The third-order valence-electron chi connectivity index (χ3n) is 6.47. The van der Waals surface area contributed by atoms with E-state index in [4.69, 9.17) is 21.1 Å². The van der Waals surface area contributed by atoms with Crippen molar-refractivity contribution in [3.63, 3.8) is 0 Å². The van der Waals surface area contributed by atoms with E-state index in [0.717, 1.165) is 5.69 Å². The lowest BCUT2D eigenvalue weighted by Gasteiger charge is -2.36. The van der Waals surface area contributed by atoms with E-state index in [9.17, 15) is 9.59 Å². The van der Waals surface area contributed by atoms with Crippen LogP contribution in [0.5, 0.6) is 5.75 Å². The molecule has 1 fully saturated rings. The summed E-state index contributed by atoms with van der Waals surface area (Å²) < 4.78 is 11.8. The normalized spacial score (nSPS) is 19.3. The lowest BCUT2D eigenvalue weighted by atomic mass is 9.86. The van der Waals surface area contributed by atoms with Crippen LogP contribution in [0.1, 0.15) is 11.1 Å². The van der Waals surface area contributed by atoms with Gasteiger partial charge in [-0.2, -0.15) is 0 Å². The number of hydrogen-bond donors (Lipinski definition) is 1. The zero-order valence-electron chi connectivity index (χ0n) is 19.2. The number of benzene rings is 2. The highest BCUT2D eigenvalue weighted by molar-refractivity contribution is 6.31. The second kappa shape index (κ2) is 9.56. The van der Waals surface area contributed by atoms with Crippen LogP contribution in [0.15, 0.2) is 67.0 Å². The molecule has 8 nitrogen and oxygen atoms in total. The Kier molecular flexibility index (Phi) is 6.32. The van der Waals surface area contributed by atoms with Gasteiger partial charge >= 0.3 is 0 Å². The van der Waals surface area contributed by atoms with Crippen molar-refractivity contribution >= 4 is 34.8 Å². The molecule has 0 spiro atoms. The molecule has 0 bridgehead atoms. The van der Waals surface area contributed by atoms with Gasteiger partial charge in [0.2, 0.25) is 11.5 Å². The predicted octanol–water partition coefficient (Wildman–Crippen LogP) is 3.30. The number of ether oxygens (including phenoxy) is 2. The lowest BCUT2D eigenvalue weighted by molar-refractivity contribution is -0.148. The molecule has 0 aliphatic carbocycles. The van der Waals surface area contributed by atoms with Gasteiger partial charge in [-0.25, -0.2) is 0 Å². The molecule has 9 heteroatoms. The number of rotatable bonds is 6. The molecule has 2 aromatic carbocycles. The maximum Gasteiger partial charge on any atom is 0.266 e. The number of pyridine rings is 1. The van der Waals surface area contributed by atoms with E-state index < -0.39 is 11.5 Å². The van der Waals surface area contributed by atoms with Gasteiger partial charge < -0.3 is 24.6 Å². The molecule has 0 radical (unpaired) electrons. The van der Waals surface area contributed by atoms with Crippen LogP contribution in [-0.4, -0.2) is 61.6 Å². The first-order chi connectivity index (χ1) is 17.0. The smallest absolute Gasteiger partial charge is 0.266 e. The van der Waals surface area contributed by atoms with Gasteiger partial charge in [-0.05, 0) is 36.4 Å². The number of piperazine rings is 1. The third kappa shape index (κ3) is 4.19. The highest BCUT2D eigenvalue weighted by atomic mass is 35.5. The minimum Gasteiger partial charge on any atom is -0.496 e. The zero-order valence-corrected chi connectivity index (χ0v) is 20.0. The number of methoxy groups -OCH3 is 1. The summed E-state index contributed by atoms with van der Waals surface area (Å²) in [5.74, 6) is -0.102. The van der Waals surface area contributed by atoms with Crippen molar-refractivity contribution in [2.24, 2.45) is 0 Å². The van der Waals surface area contributed by atoms with Gasteiger partial charge in [-0.15, -0.1) is 0 Å². The number of anilines is 2. The van der Waals surface area contributed by atoms with Crippen molar-refractivity contribution in [2.45, 2.75) is 5.60 Å². The predicted molar refractivity (Wildman–Crippen MR) is 133 cm³/mol. The summed E-state index contributed by atoms with van der Waals surface area (Å²) in [4.78, 5) is 34.8. The van der Waals surface area contributed by atoms with E-state index in [1.165, 1.54) is 7.11 Å². The molecule has 1 aromatic heterocycles. The molecular formula is C26H25ClN4O4. The van der Waals surface area contributed by atoms with Gasteiger partial charge in [0.05, 0.1) is 19.0 Å². The average Bonchev–Trinajstić information content (AvgIpc) is 3.18. The summed E-state index contributed by atoms with van der Waals surface area (Å²) in [6, 6.07) is 16.2. The number of nitrogens with one attached hydrogen (secondary N) is 1. The molecule has 2 amide bonds. The highest BCUT2D eigenvalue weighted by Crippen LogP contribution is 2.47. The standard InChI is InChI=1S/C26H25ClN4O4/c1-34-23-7-3-2-6-20(23)26(21-15-18(27)8-9-22(21)29-25(26)33)35-17-24(32)31-13-11-30(12-14-31)19-5-4-10-28-16-19/h2-10,15-16H,11-14,17H2,1H3,(H,29,33). The Labute approximate surface area is 208 Å². The summed E-state index contributed by atoms with van der Waals surface area (Å²) in [5.41, 5.74) is 1.11. The Hall–Kier alpha value is -3.62. The fourth-order valence-electron chi connectivity index (χ4n) is 4.69. The Morgan fingerprint density at radius 3 is 2.63 bits per heavy atom. The molecule has 5 rings (SSSR count). The molecule has 3 aromatic rings. The number of nitrogens with zero attached hydrogens (tertiary/aromatic N) is 3. The first-order valence-corrected chi connectivity index (χ1v) is 11.7. The summed E-state index contributed by atoms with van der Waals surface area (Å²) in [5, 5.41) is 3.34. The molecule has 1 N–H and O–H groups in total. The zero-order chi connectivity index (χ0) is 24.4. The van der Waals surface area contributed by atoms with Gasteiger partial charge in [-0.3, -0.25) is 14.6 Å². The molecule has 2 aliphatic rings. The number of carbonyl (C=O) groups is 2. The quantitative estimate of drug-likeness (QED) is 0.568. The first kappa shape index (κ1) is 23.1. The minimum atomic E-state index is -1.57. The number of para-hydroxylation sites is 1. The number of hydrogen-bond acceptors (Lipinski definition) is 6. The maximum atomic E-state index is 13.4. The largest absolute Gasteiger partial charge is 0.496 e. The van der Waals surface area contributed by atoms with Crippen LogP contribution in [0.2, 0.25) is 5.02 Å².